The first-order valence-corrected chi connectivity index (χ1v) is 6.94. The number of methoxy groups -OCH3 is 1. The molecule has 0 atom stereocenters. The average molecular weight is 268 g/mol. The number of nitro benzene ring substituents is 1. The Hall–Kier alpha value is -1.43. The van der Waals surface area contributed by atoms with Crippen LogP contribution in [0.5, 0.6) is 5.75 Å². The van der Waals surface area contributed by atoms with Crippen molar-refractivity contribution in [3.8, 4) is 5.75 Å². The van der Waals surface area contributed by atoms with Crippen molar-refractivity contribution in [2.75, 3.05) is 25.2 Å². The molecule has 0 heterocycles. The maximum atomic E-state index is 11.0. The highest BCUT2D eigenvalue weighted by molar-refractivity contribution is 8.00. The fourth-order valence-corrected chi connectivity index (χ4v) is 2.51. The highest BCUT2D eigenvalue weighted by Gasteiger charge is 2.41. The molecule has 1 N–H and O–H groups in total. The number of anilines is 1. The quantitative estimate of drug-likeness (QED) is 0.635. The highest BCUT2D eigenvalue weighted by Crippen LogP contribution is 2.47. The van der Waals surface area contributed by atoms with Crippen LogP contribution in [-0.2, 0) is 0 Å². The maximum absolute atomic E-state index is 11.0. The van der Waals surface area contributed by atoms with Gasteiger partial charge >= 0.3 is 0 Å². The van der Waals surface area contributed by atoms with Gasteiger partial charge in [-0.2, -0.15) is 11.8 Å². The molecule has 1 aromatic carbocycles. The second-order valence-corrected chi connectivity index (χ2v) is 5.66. The minimum absolute atomic E-state index is 0.0613. The summed E-state index contributed by atoms with van der Waals surface area (Å²) in [5, 5.41) is 14.2. The molecule has 0 aliphatic heterocycles. The van der Waals surface area contributed by atoms with Gasteiger partial charge in [0, 0.05) is 11.3 Å². The number of benzene rings is 1. The van der Waals surface area contributed by atoms with Crippen LogP contribution in [0.1, 0.15) is 12.8 Å². The second kappa shape index (κ2) is 5.06. The first-order valence-electron chi connectivity index (χ1n) is 5.72. The van der Waals surface area contributed by atoms with E-state index in [2.05, 4.69) is 11.6 Å². The number of nitrogens with zero attached hydrogens (tertiary/aromatic N) is 1. The predicted molar refractivity (Wildman–Crippen MR) is 73.6 cm³/mol. The molecule has 1 saturated carbocycles. The third-order valence-electron chi connectivity index (χ3n) is 3.24. The summed E-state index contributed by atoms with van der Waals surface area (Å²) in [6.07, 6.45) is 4.42. The van der Waals surface area contributed by atoms with Crippen molar-refractivity contribution >= 4 is 23.1 Å². The number of nitro groups is 1. The number of ether oxygens (including phenoxy) is 1. The van der Waals surface area contributed by atoms with Crippen LogP contribution >= 0.6 is 11.8 Å². The molecule has 0 radical (unpaired) electrons. The predicted octanol–water partition coefficient (Wildman–Crippen LogP) is 2.91. The van der Waals surface area contributed by atoms with Crippen molar-refractivity contribution in [1.82, 2.24) is 0 Å². The molecule has 0 amide bonds. The largest absolute Gasteiger partial charge is 0.496 e. The summed E-state index contributed by atoms with van der Waals surface area (Å²) in [4.78, 5) is 10.6. The molecule has 0 unspecified atom stereocenters. The lowest BCUT2D eigenvalue weighted by Gasteiger charge is -2.14. The molecular formula is C12H16N2O3S. The average Bonchev–Trinajstić information content (AvgIpc) is 3.16. The molecule has 1 aromatic rings. The Bertz CT molecular complexity index is 461. The third-order valence-corrected chi connectivity index (χ3v) is 4.66. The second-order valence-electron chi connectivity index (χ2n) is 4.38. The lowest BCUT2D eigenvalue weighted by molar-refractivity contribution is -0.384. The van der Waals surface area contributed by atoms with Crippen LogP contribution in [0.3, 0.4) is 0 Å². The van der Waals surface area contributed by atoms with E-state index in [0.29, 0.717) is 11.4 Å². The summed E-state index contributed by atoms with van der Waals surface area (Å²) in [6, 6.07) is 4.88. The fourth-order valence-electron chi connectivity index (χ4n) is 1.79. The molecule has 1 aliphatic rings. The molecule has 98 valence electrons. The summed E-state index contributed by atoms with van der Waals surface area (Å²) in [5.74, 6) is 0.498. The molecular weight excluding hydrogens is 252 g/mol. The number of thioether (sulfide) groups is 1. The summed E-state index contributed by atoms with van der Waals surface area (Å²) in [6.45, 7) is 0.765. The van der Waals surface area contributed by atoms with Crippen LogP contribution in [0.2, 0.25) is 0 Å². The van der Waals surface area contributed by atoms with E-state index in [1.165, 1.54) is 26.0 Å². The van der Waals surface area contributed by atoms with Gasteiger partial charge in [0.1, 0.15) is 11.4 Å². The van der Waals surface area contributed by atoms with Crippen molar-refractivity contribution < 1.29 is 9.66 Å². The molecule has 0 bridgehead atoms. The number of hydrogen-bond donors (Lipinski definition) is 1. The fraction of sp³-hybridized carbons (Fsp3) is 0.500. The zero-order chi connectivity index (χ0) is 13.2. The Balaban J connectivity index is 2.14. The molecule has 0 saturated heterocycles. The van der Waals surface area contributed by atoms with Gasteiger partial charge in [-0.05, 0) is 31.2 Å². The summed E-state index contributed by atoms with van der Waals surface area (Å²) < 4.78 is 5.27. The van der Waals surface area contributed by atoms with Gasteiger partial charge in [0.2, 0.25) is 0 Å². The number of rotatable bonds is 6. The van der Waals surface area contributed by atoms with E-state index in [1.807, 2.05) is 11.8 Å². The summed E-state index contributed by atoms with van der Waals surface area (Å²) >= 11 is 1.82. The Morgan fingerprint density at radius 3 is 2.78 bits per heavy atom. The molecule has 2 rings (SSSR count). The lowest BCUT2D eigenvalue weighted by Crippen LogP contribution is -2.18. The number of nitrogens with one attached hydrogen (secondary N) is 1. The standard InChI is InChI=1S/C12H16N2O3S/c1-17-9-3-4-10(11(7-9)14(15)16)13-8-12(18-2)5-6-12/h3-4,7,13H,5-6,8H2,1-2H3. The van der Waals surface area contributed by atoms with E-state index in [9.17, 15) is 10.1 Å². The van der Waals surface area contributed by atoms with Crippen LogP contribution in [-0.4, -0.2) is 29.6 Å². The molecule has 5 nitrogen and oxygen atoms in total. The topological polar surface area (TPSA) is 64.4 Å². The Kier molecular flexibility index (Phi) is 3.65. The highest BCUT2D eigenvalue weighted by atomic mass is 32.2. The monoisotopic (exact) mass is 268 g/mol. The molecule has 0 aromatic heterocycles. The molecule has 0 spiro atoms. The Morgan fingerprint density at radius 2 is 2.28 bits per heavy atom. The van der Waals surface area contributed by atoms with Crippen molar-refractivity contribution in [3.63, 3.8) is 0 Å². The smallest absolute Gasteiger partial charge is 0.296 e. The van der Waals surface area contributed by atoms with Crippen molar-refractivity contribution in [2.24, 2.45) is 0 Å². The normalized spacial score (nSPS) is 16.1. The first kappa shape index (κ1) is 13.0. The lowest BCUT2D eigenvalue weighted by atomic mass is 10.2. The first-order chi connectivity index (χ1) is 8.60. The van der Waals surface area contributed by atoms with Gasteiger partial charge in [0.05, 0.1) is 18.1 Å². The Morgan fingerprint density at radius 1 is 1.56 bits per heavy atom. The van der Waals surface area contributed by atoms with Crippen molar-refractivity contribution in [2.45, 2.75) is 17.6 Å². The summed E-state index contributed by atoms with van der Waals surface area (Å²) in [5.41, 5.74) is 0.618. The zero-order valence-electron chi connectivity index (χ0n) is 10.4. The zero-order valence-corrected chi connectivity index (χ0v) is 11.3. The molecule has 18 heavy (non-hydrogen) atoms. The minimum Gasteiger partial charge on any atom is -0.496 e. The van der Waals surface area contributed by atoms with Gasteiger partial charge in [-0.3, -0.25) is 10.1 Å². The van der Waals surface area contributed by atoms with Gasteiger partial charge in [-0.15, -0.1) is 0 Å². The van der Waals surface area contributed by atoms with Gasteiger partial charge < -0.3 is 10.1 Å². The van der Waals surface area contributed by atoms with Crippen LogP contribution in [0.25, 0.3) is 0 Å². The van der Waals surface area contributed by atoms with E-state index in [4.69, 9.17) is 4.74 Å². The third kappa shape index (κ3) is 2.69. The number of hydrogen-bond acceptors (Lipinski definition) is 5. The van der Waals surface area contributed by atoms with Crippen LogP contribution in [0, 0.1) is 10.1 Å². The SMILES string of the molecule is COc1ccc(NCC2(SC)CC2)c([N+](=O)[O-])c1. The van der Waals surface area contributed by atoms with Crippen LogP contribution in [0.4, 0.5) is 11.4 Å². The molecule has 1 fully saturated rings. The maximum Gasteiger partial charge on any atom is 0.296 e. The van der Waals surface area contributed by atoms with E-state index in [0.717, 1.165) is 6.54 Å². The van der Waals surface area contributed by atoms with E-state index >= 15 is 0 Å². The van der Waals surface area contributed by atoms with Crippen molar-refractivity contribution in [1.29, 1.82) is 0 Å². The van der Waals surface area contributed by atoms with Gasteiger partial charge in [-0.1, -0.05) is 0 Å². The molecule has 1 aliphatic carbocycles. The van der Waals surface area contributed by atoms with Gasteiger partial charge in [0.25, 0.3) is 5.69 Å². The van der Waals surface area contributed by atoms with Crippen LogP contribution in [0.15, 0.2) is 18.2 Å². The minimum atomic E-state index is -0.385. The van der Waals surface area contributed by atoms with Crippen molar-refractivity contribution in [3.05, 3.63) is 28.3 Å². The van der Waals surface area contributed by atoms with Gasteiger partial charge in [0.15, 0.2) is 0 Å². The van der Waals surface area contributed by atoms with E-state index < -0.39 is 0 Å². The van der Waals surface area contributed by atoms with Crippen LogP contribution < -0.4 is 10.1 Å². The Labute approximate surface area is 110 Å². The molecule has 6 heteroatoms. The summed E-state index contributed by atoms with van der Waals surface area (Å²) in [7, 11) is 1.50. The van der Waals surface area contributed by atoms with E-state index in [1.54, 1.807) is 12.1 Å². The van der Waals surface area contributed by atoms with E-state index in [-0.39, 0.29) is 15.4 Å². The van der Waals surface area contributed by atoms with Gasteiger partial charge in [-0.25, -0.2) is 0 Å².